The Bertz CT molecular complexity index is 537. The molecule has 0 aliphatic heterocycles. The van der Waals surface area contributed by atoms with E-state index in [1.807, 2.05) is 20.8 Å². The van der Waals surface area contributed by atoms with E-state index in [1.165, 1.54) is 19.3 Å². The van der Waals surface area contributed by atoms with Crippen LogP contribution in [-0.4, -0.2) is 72.6 Å². The minimum atomic E-state index is -2.70. The first kappa shape index (κ1) is 32.3. The molecule has 11 heteroatoms. The first-order valence-corrected chi connectivity index (χ1v) is 14.8. The van der Waals surface area contributed by atoms with Gasteiger partial charge in [0.05, 0.1) is 0 Å². The molecule has 0 fully saturated rings. The number of urea groups is 1. The molecule has 34 heavy (non-hydrogen) atoms. The fourth-order valence-electron chi connectivity index (χ4n) is 3.31. The van der Waals surface area contributed by atoms with Crippen molar-refractivity contribution in [2.45, 2.75) is 85.1 Å². The van der Waals surface area contributed by atoms with Crippen LogP contribution in [0.2, 0.25) is 6.04 Å². The lowest BCUT2D eigenvalue weighted by atomic mass is 10.1. The summed E-state index contributed by atoms with van der Waals surface area (Å²) in [5.74, 6) is -0.396. The van der Waals surface area contributed by atoms with Gasteiger partial charge in [0.2, 0.25) is 11.8 Å². The summed E-state index contributed by atoms with van der Waals surface area (Å²) in [5, 5.41) is 11.0. The fraction of sp³-hybridized carbons (Fsp3) is 0.870. The summed E-state index contributed by atoms with van der Waals surface area (Å²) in [4.78, 5) is 35.6. The molecule has 10 nitrogen and oxygen atoms in total. The van der Waals surface area contributed by atoms with Crippen LogP contribution >= 0.6 is 0 Å². The summed E-state index contributed by atoms with van der Waals surface area (Å²) < 4.78 is 17.4. The van der Waals surface area contributed by atoms with Crippen LogP contribution in [0.5, 0.6) is 0 Å². The van der Waals surface area contributed by atoms with Crippen molar-refractivity contribution >= 4 is 26.6 Å². The maximum atomic E-state index is 12.0. The zero-order valence-electron chi connectivity index (χ0n) is 21.8. The smallest absolute Gasteiger partial charge is 0.374 e. The number of hydrogen-bond donors (Lipinski definition) is 4. The highest BCUT2D eigenvalue weighted by molar-refractivity contribution is 6.60. The topological polar surface area (TPSA) is 127 Å². The second-order valence-electron chi connectivity index (χ2n) is 7.88. The number of unbranched alkanes of at least 4 members (excludes halogenated alkanes) is 4. The van der Waals surface area contributed by atoms with Crippen molar-refractivity contribution in [3.05, 3.63) is 0 Å². The Kier molecular flexibility index (Phi) is 20.7. The van der Waals surface area contributed by atoms with E-state index >= 15 is 0 Å². The summed E-state index contributed by atoms with van der Waals surface area (Å²) in [6.45, 7) is 11.3. The second-order valence-corrected chi connectivity index (χ2v) is 10.6. The minimum Gasteiger partial charge on any atom is -0.374 e. The minimum absolute atomic E-state index is 0.102. The Morgan fingerprint density at radius 3 is 1.62 bits per heavy atom. The summed E-state index contributed by atoms with van der Waals surface area (Å²) >= 11 is 0. The van der Waals surface area contributed by atoms with E-state index in [4.69, 9.17) is 13.3 Å². The molecule has 0 unspecified atom stereocenters. The number of hydrogen-bond acceptors (Lipinski definition) is 6. The Morgan fingerprint density at radius 2 is 1.06 bits per heavy atom. The third-order valence-corrected chi connectivity index (χ3v) is 8.10. The van der Waals surface area contributed by atoms with Gasteiger partial charge in [-0.3, -0.25) is 9.59 Å². The van der Waals surface area contributed by atoms with Crippen molar-refractivity contribution in [1.82, 2.24) is 21.3 Å². The van der Waals surface area contributed by atoms with Gasteiger partial charge < -0.3 is 34.5 Å². The van der Waals surface area contributed by atoms with Crippen LogP contribution in [0.3, 0.4) is 0 Å². The number of carbonyl (C=O) groups is 3. The number of nitrogens with one attached hydrogen (secondary N) is 4. The highest BCUT2D eigenvalue weighted by atomic mass is 28.4. The average molecular weight is 505 g/mol. The van der Waals surface area contributed by atoms with Crippen molar-refractivity contribution in [2.75, 3.05) is 46.0 Å². The first-order chi connectivity index (χ1) is 16.4. The molecule has 0 rings (SSSR count). The van der Waals surface area contributed by atoms with Gasteiger partial charge in [-0.1, -0.05) is 32.6 Å². The van der Waals surface area contributed by atoms with E-state index in [-0.39, 0.29) is 30.7 Å². The van der Waals surface area contributed by atoms with Gasteiger partial charge in [0, 0.05) is 64.9 Å². The highest BCUT2D eigenvalue weighted by Crippen LogP contribution is 2.17. The van der Waals surface area contributed by atoms with Crippen LogP contribution in [0.4, 0.5) is 4.79 Å². The van der Waals surface area contributed by atoms with Gasteiger partial charge in [-0.15, -0.1) is 0 Å². The van der Waals surface area contributed by atoms with Crippen LogP contribution in [0, 0.1) is 0 Å². The van der Waals surface area contributed by atoms with Crippen LogP contribution in [0.15, 0.2) is 0 Å². The van der Waals surface area contributed by atoms with E-state index in [0.717, 1.165) is 12.8 Å². The Labute approximate surface area is 207 Å². The molecule has 0 spiro atoms. The molecule has 0 aromatic carbocycles. The zero-order chi connectivity index (χ0) is 25.5. The van der Waals surface area contributed by atoms with Crippen LogP contribution in [-0.2, 0) is 22.9 Å². The van der Waals surface area contributed by atoms with Gasteiger partial charge >= 0.3 is 14.8 Å². The average Bonchev–Trinajstić information content (AvgIpc) is 2.81. The Balaban J connectivity index is 3.85. The monoisotopic (exact) mass is 504 g/mol. The molecule has 0 aliphatic carbocycles. The van der Waals surface area contributed by atoms with E-state index in [1.54, 1.807) is 0 Å². The number of rotatable bonds is 22. The molecule has 0 saturated heterocycles. The molecule has 0 radical (unpaired) electrons. The van der Waals surface area contributed by atoms with Gasteiger partial charge in [-0.25, -0.2) is 4.79 Å². The molecule has 200 valence electrons. The van der Waals surface area contributed by atoms with Gasteiger partial charge in [0.25, 0.3) is 0 Å². The fourth-order valence-corrected chi connectivity index (χ4v) is 5.92. The quantitative estimate of drug-likeness (QED) is 0.133. The van der Waals surface area contributed by atoms with Crippen LogP contribution in [0.25, 0.3) is 0 Å². The predicted molar refractivity (Wildman–Crippen MR) is 135 cm³/mol. The van der Waals surface area contributed by atoms with E-state index in [9.17, 15) is 14.4 Å². The summed E-state index contributed by atoms with van der Waals surface area (Å²) in [7, 11) is -2.70. The van der Waals surface area contributed by atoms with Gasteiger partial charge in [0.15, 0.2) is 0 Å². The van der Waals surface area contributed by atoms with Crippen LogP contribution in [0.1, 0.15) is 79.1 Å². The molecule has 0 aliphatic rings. The maximum Gasteiger partial charge on any atom is 0.500 e. The summed E-state index contributed by atoms with van der Waals surface area (Å²) in [5.41, 5.74) is 0. The standard InChI is InChI=1S/C23H48N4O6Si/c1-5-9-10-11-12-16-26-23(30)27-19-18-25-22(29)15-14-21(28)24-17-13-20-34(31-6-2,32-7-3)33-8-4/h5-20H2,1-4H3,(H,24,28)(H,25,29)(H2,26,27,30). The normalized spacial score (nSPS) is 11.2. The lowest BCUT2D eigenvalue weighted by molar-refractivity contribution is -0.126. The van der Waals surface area contributed by atoms with Gasteiger partial charge in [-0.05, 0) is 33.6 Å². The Hall–Kier alpha value is -1.69. The SMILES string of the molecule is CCCCCCCNC(=O)NCCNC(=O)CCC(=O)NCCC[Si](OCC)(OCC)OCC. The molecule has 0 saturated carbocycles. The third-order valence-electron chi connectivity index (χ3n) is 4.95. The predicted octanol–water partition coefficient (Wildman–Crippen LogP) is 2.71. The zero-order valence-corrected chi connectivity index (χ0v) is 22.8. The Morgan fingerprint density at radius 1 is 0.588 bits per heavy atom. The molecule has 4 amide bonds. The van der Waals surface area contributed by atoms with Crippen molar-refractivity contribution in [3.8, 4) is 0 Å². The second kappa shape index (κ2) is 21.8. The van der Waals surface area contributed by atoms with Crippen molar-refractivity contribution in [2.24, 2.45) is 0 Å². The number of amides is 4. The largest absolute Gasteiger partial charge is 0.500 e. The molecule has 0 heterocycles. The van der Waals surface area contributed by atoms with Crippen molar-refractivity contribution in [3.63, 3.8) is 0 Å². The van der Waals surface area contributed by atoms with Gasteiger partial charge in [-0.2, -0.15) is 0 Å². The molecule has 0 aromatic rings. The van der Waals surface area contributed by atoms with Crippen molar-refractivity contribution < 1.29 is 27.7 Å². The van der Waals surface area contributed by atoms with E-state index in [2.05, 4.69) is 28.2 Å². The molecule has 4 N–H and O–H groups in total. The van der Waals surface area contributed by atoms with Gasteiger partial charge in [0.1, 0.15) is 0 Å². The summed E-state index contributed by atoms with van der Waals surface area (Å²) in [6.07, 6.45) is 6.61. The third kappa shape index (κ3) is 17.7. The molecule has 0 atom stereocenters. The summed E-state index contributed by atoms with van der Waals surface area (Å²) in [6, 6.07) is 0.400. The van der Waals surface area contributed by atoms with Crippen molar-refractivity contribution in [1.29, 1.82) is 0 Å². The first-order valence-electron chi connectivity index (χ1n) is 12.9. The lowest BCUT2D eigenvalue weighted by Crippen LogP contribution is -2.46. The lowest BCUT2D eigenvalue weighted by Gasteiger charge is -2.28. The maximum absolute atomic E-state index is 12.0. The van der Waals surface area contributed by atoms with E-state index < -0.39 is 8.80 Å². The molecular formula is C23H48N4O6Si. The van der Waals surface area contributed by atoms with Crippen LogP contribution < -0.4 is 21.3 Å². The molecule has 0 bridgehead atoms. The molecule has 0 aromatic heterocycles. The highest BCUT2D eigenvalue weighted by Gasteiger charge is 2.39. The number of carbonyl (C=O) groups excluding carboxylic acids is 3. The molecular weight excluding hydrogens is 456 g/mol. The van der Waals surface area contributed by atoms with E-state index in [0.29, 0.717) is 58.5 Å².